The average Bonchev–Trinajstić information content (AvgIpc) is 2.72. The molecule has 2 aromatic rings. The van der Waals surface area contributed by atoms with E-state index in [1.165, 1.54) is 11.1 Å². The fourth-order valence-electron chi connectivity index (χ4n) is 4.29. The van der Waals surface area contributed by atoms with Crippen LogP contribution in [0.3, 0.4) is 0 Å². The minimum Gasteiger partial charge on any atom is -0.497 e. The van der Waals surface area contributed by atoms with Gasteiger partial charge in [-0.1, -0.05) is 36.4 Å². The smallest absolute Gasteiger partial charge is 0.341 e. The van der Waals surface area contributed by atoms with Gasteiger partial charge in [-0.25, -0.2) is 4.79 Å². The molecular formula is C25H30O5. The van der Waals surface area contributed by atoms with Gasteiger partial charge in [0.2, 0.25) is 0 Å². The lowest BCUT2D eigenvalue weighted by Gasteiger charge is -2.42. The van der Waals surface area contributed by atoms with Crippen LogP contribution in [0.15, 0.2) is 54.6 Å². The van der Waals surface area contributed by atoms with Crippen molar-refractivity contribution >= 4 is 5.97 Å². The van der Waals surface area contributed by atoms with E-state index in [9.17, 15) is 4.79 Å². The van der Waals surface area contributed by atoms with E-state index in [-0.39, 0.29) is 24.0 Å². The molecule has 2 aromatic carbocycles. The molecule has 4 atom stereocenters. The van der Waals surface area contributed by atoms with Crippen LogP contribution in [0.25, 0.3) is 0 Å². The third-order valence-corrected chi connectivity index (χ3v) is 5.90. The summed E-state index contributed by atoms with van der Waals surface area (Å²) in [5, 5.41) is 9.05. The van der Waals surface area contributed by atoms with Crippen molar-refractivity contribution in [1.82, 2.24) is 0 Å². The molecule has 3 rings (SSSR count). The number of hydrogen-bond acceptors (Lipinski definition) is 4. The lowest BCUT2D eigenvalue weighted by Crippen LogP contribution is -2.35. The maximum absolute atomic E-state index is 11.0. The number of methoxy groups -OCH3 is 1. The van der Waals surface area contributed by atoms with Gasteiger partial charge >= 0.3 is 5.97 Å². The Morgan fingerprint density at radius 3 is 2.60 bits per heavy atom. The molecule has 0 aliphatic carbocycles. The summed E-state index contributed by atoms with van der Waals surface area (Å²) in [7, 11) is 1.60. The van der Waals surface area contributed by atoms with Crippen molar-refractivity contribution in [3.63, 3.8) is 0 Å². The molecule has 0 saturated carbocycles. The molecule has 0 amide bonds. The van der Waals surface area contributed by atoms with E-state index in [2.05, 4.69) is 44.7 Å². The number of rotatable bonds is 7. The fourth-order valence-corrected chi connectivity index (χ4v) is 4.29. The number of carbonyl (C=O) groups is 1. The Balaban J connectivity index is 1.98. The molecule has 0 unspecified atom stereocenters. The monoisotopic (exact) mass is 410 g/mol. The molecule has 1 aliphatic rings. The topological polar surface area (TPSA) is 65.0 Å². The van der Waals surface area contributed by atoms with Gasteiger partial charge in [-0.05, 0) is 56.5 Å². The average molecular weight is 411 g/mol. The van der Waals surface area contributed by atoms with Gasteiger partial charge in [0, 0.05) is 17.4 Å². The molecule has 0 radical (unpaired) electrons. The zero-order valence-corrected chi connectivity index (χ0v) is 18.1. The number of ether oxygens (including phenoxy) is 3. The lowest BCUT2D eigenvalue weighted by molar-refractivity contribution is -0.139. The van der Waals surface area contributed by atoms with E-state index < -0.39 is 12.6 Å². The van der Waals surface area contributed by atoms with Gasteiger partial charge in [-0.3, -0.25) is 0 Å². The molecule has 0 aromatic heterocycles. The molecule has 1 N–H and O–H groups in total. The third-order valence-electron chi connectivity index (χ3n) is 5.90. The fraction of sp³-hybridized carbons (Fsp3) is 0.400. The van der Waals surface area contributed by atoms with Gasteiger partial charge in [0.15, 0.2) is 6.61 Å². The maximum atomic E-state index is 11.0. The van der Waals surface area contributed by atoms with Crippen molar-refractivity contribution in [2.45, 2.75) is 45.3 Å². The molecule has 1 heterocycles. The summed E-state index contributed by atoms with van der Waals surface area (Å²) in [6, 6.07) is 13.8. The van der Waals surface area contributed by atoms with Crippen LogP contribution in [-0.2, 0) is 9.53 Å². The van der Waals surface area contributed by atoms with Crippen LogP contribution in [0.4, 0.5) is 0 Å². The van der Waals surface area contributed by atoms with E-state index in [1.54, 1.807) is 19.2 Å². The molecule has 5 heteroatoms. The van der Waals surface area contributed by atoms with Gasteiger partial charge in [-0.15, -0.1) is 0 Å². The minimum absolute atomic E-state index is 0.0229. The first kappa shape index (κ1) is 21.9. The van der Waals surface area contributed by atoms with Crippen molar-refractivity contribution in [3.8, 4) is 11.5 Å². The largest absolute Gasteiger partial charge is 0.497 e. The SMILES string of the molecule is C=C(C)[C@H]1C[C@H](c2ccccc2C)[C@H](C)O[C@@H]1c1cc(OC)ccc1OCC(=O)O. The van der Waals surface area contributed by atoms with E-state index in [4.69, 9.17) is 19.3 Å². The van der Waals surface area contributed by atoms with Crippen LogP contribution in [0.5, 0.6) is 11.5 Å². The van der Waals surface area contributed by atoms with Gasteiger partial charge in [0.05, 0.1) is 19.3 Å². The maximum Gasteiger partial charge on any atom is 0.341 e. The summed E-state index contributed by atoms with van der Waals surface area (Å²) in [6.45, 7) is 10.1. The second-order valence-corrected chi connectivity index (χ2v) is 8.00. The molecule has 0 spiro atoms. The number of carboxylic acid groups (broad SMARTS) is 1. The normalized spacial score (nSPS) is 23.6. The first-order valence-corrected chi connectivity index (χ1v) is 10.2. The molecule has 1 saturated heterocycles. The summed E-state index contributed by atoms with van der Waals surface area (Å²) in [5.74, 6) is 0.454. The first-order chi connectivity index (χ1) is 14.3. The zero-order chi connectivity index (χ0) is 21.8. The van der Waals surface area contributed by atoms with Crippen LogP contribution in [0.2, 0.25) is 0 Å². The number of benzene rings is 2. The predicted octanol–water partition coefficient (Wildman–Crippen LogP) is 5.29. The standard InChI is InChI=1S/C25H30O5/c1-15(2)20-13-21(19-9-7-6-8-16(19)3)17(4)30-25(20)22-12-18(28-5)10-11-23(22)29-14-24(26)27/h6-12,17,20-21,25H,1,13-14H2,2-5H3,(H,26,27)/t17-,20+,21-,25-/m0/s1. The first-order valence-electron chi connectivity index (χ1n) is 10.2. The summed E-state index contributed by atoms with van der Waals surface area (Å²) in [6.07, 6.45) is 0.573. The van der Waals surface area contributed by atoms with E-state index in [1.807, 2.05) is 13.0 Å². The Kier molecular flexibility index (Phi) is 6.83. The van der Waals surface area contributed by atoms with Crippen LogP contribution in [0.1, 0.15) is 49.0 Å². The number of aryl methyl sites for hydroxylation is 1. The second kappa shape index (κ2) is 9.35. The van der Waals surface area contributed by atoms with Gasteiger partial charge in [0.25, 0.3) is 0 Å². The Morgan fingerprint density at radius 2 is 1.97 bits per heavy atom. The quantitative estimate of drug-likeness (QED) is 0.628. The molecule has 0 bridgehead atoms. The second-order valence-electron chi connectivity index (χ2n) is 8.00. The predicted molar refractivity (Wildman–Crippen MR) is 116 cm³/mol. The van der Waals surface area contributed by atoms with Crippen LogP contribution >= 0.6 is 0 Å². The highest BCUT2D eigenvalue weighted by atomic mass is 16.5. The highest BCUT2D eigenvalue weighted by Crippen LogP contribution is 2.48. The minimum atomic E-state index is -1.02. The third kappa shape index (κ3) is 4.68. The van der Waals surface area contributed by atoms with Crippen molar-refractivity contribution < 1.29 is 24.1 Å². The number of hydrogen-bond donors (Lipinski definition) is 1. The highest BCUT2D eigenvalue weighted by molar-refractivity contribution is 5.68. The molecule has 30 heavy (non-hydrogen) atoms. The molecule has 1 aliphatic heterocycles. The summed E-state index contributed by atoms with van der Waals surface area (Å²) >= 11 is 0. The van der Waals surface area contributed by atoms with E-state index >= 15 is 0 Å². The van der Waals surface area contributed by atoms with Gasteiger partial charge in [-0.2, -0.15) is 0 Å². The van der Waals surface area contributed by atoms with E-state index in [0.717, 1.165) is 17.6 Å². The highest BCUT2D eigenvalue weighted by Gasteiger charge is 2.39. The molecule has 1 fully saturated rings. The van der Waals surface area contributed by atoms with Crippen molar-refractivity contribution in [3.05, 3.63) is 71.3 Å². The zero-order valence-electron chi connectivity index (χ0n) is 18.1. The van der Waals surface area contributed by atoms with Crippen LogP contribution in [0, 0.1) is 12.8 Å². The van der Waals surface area contributed by atoms with Gasteiger partial charge in [0.1, 0.15) is 11.5 Å². The van der Waals surface area contributed by atoms with E-state index in [0.29, 0.717) is 11.5 Å². The summed E-state index contributed by atoms with van der Waals surface area (Å²) in [4.78, 5) is 11.0. The molecule has 5 nitrogen and oxygen atoms in total. The summed E-state index contributed by atoms with van der Waals surface area (Å²) in [5.41, 5.74) is 4.36. The van der Waals surface area contributed by atoms with Crippen molar-refractivity contribution in [2.75, 3.05) is 13.7 Å². The molecular weight excluding hydrogens is 380 g/mol. The van der Waals surface area contributed by atoms with Crippen molar-refractivity contribution in [2.24, 2.45) is 5.92 Å². The Bertz CT molecular complexity index is 920. The van der Waals surface area contributed by atoms with Crippen LogP contribution in [-0.4, -0.2) is 30.9 Å². The molecule has 160 valence electrons. The Labute approximate surface area is 178 Å². The Morgan fingerprint density at radius 1 is 1.23 bits per heavy atom. The van der Waals surface area contributed by atoms with Gasteiger partial charge < -0.3 is 19.3 Å². The lowest BCUT2D eigenvalue weighted by atomic mass is 9.75. The van der Waals surface area contributed by atoms with Crippen molar-refractivity contribution in [1.29, 1.82) is 0 Å². The number of carboxylic acids is 1. The summed E-state index contributed by atoms with van der Waals surface area (Å²) < 4.78 is 17.6. The number of aliphatic carboxylic acids is 1. The Hall–Kier alpha value is -2.79. The van der Waals surface area contributed by atoms with Crippen LogP contribution < -0.4 is 9.47 Å².